The molecule has 102 valence electrons. The Morgan fingerprint density at radius 2 is 2.18 bits per heavy atom. The smallest absolute Gasteiger partial charge is 0.0576 e. The maximum absolute atomic E-state index is 5.86. The van der Waals surface area contributed by atoms with Crippen LogP contribution in [0, 0.1) is 5.41 Å². The van der Waals surface area contributed by atoms with E-state index in [1.54, 1.807) is 0 Å². The van der Waals surface area contributed by atoms with Gasteiger partial charge in [-0.1, -0.05) is 20.8 Å². The molecule has 0 amide bonds. The number of alkyl halides is 1. The second-order valence-corrected chi connectivity index (χ2v) is 6.51. The third-order valence-electron chi connectivity index (χ3n) is 3.56. The highest BCUT2D eigenvalue weighted by atomic mass is 35.5. The van der Waals surface area contributed by atoms with Crippen molar-refractivity contribution in [2.75, 3.05) is 19.0 Å². The first-order chi connectivity index (χ1) is 8.04. The molecule has 0 radical (unpaired) electrons. The van der Waals surface area contributed by atoms with Crippen molar-refractivity contribution in [3.8, 4) is 0 Å². The Bertz CT molecular complexity index is 197. The van der Waals surface area contributed by atoms with E-state index in [0.29, 0.717) is 17.6 Å². The number of halogens is 1. The first kappa shape index (κ1) is 15.3. The molecule has 17 heavy (non-hydrogen) atoms. The Kier molecular flexibility index (Phi) is 6.83. The van der Waals surface area contributed by atoms with Crippen molar-refractivity contribution in [1.29, 1.82) is 0 Å². The summed E-state index contributed by atoms with van der Waals surface area (Å²) in [6, 6.07) is 0.518. The van der Waals surface area contributed by atoms with Crippen molar-refractivity contribution in [2.45, 2.75) is 65.0 Å². The van der Waals surface area contributed by atoms with Crippen molar-refractivity contribution in [1.82, 2.24) is 5.32 Å². The molecule has 1 saturated heterocycles. The molecule has 0 aromatic heterocycles. The summed E-state index contributed by atoms with van der Waals surface area (Å²) in [7, 11) is 0. The first-order valence-corrected chi connectivity index (χ1v) is 7.48. The molecule has 2 atom stereocenters. The van der Waals surface area contributed by atoms with Crippen molar-refractivity contribution >= 4 is 11.6 Å². The standard InChI is InChI=1S/C14H28ClNO/c1-14(2,3)13(8-9-15)16-10-4-6-12-7-5-11-17-12/h12-13,16H,4-11H2,1-3H3. The zero-order chi connectivity index (χ0) is 12.7. The molecular weight excluding hydrogens is 234 g/mol. The number of ether oxygens (including phenoxy) is 1. The van der Waals surface area contributed by atoms with E-state index in [2.05, 4.69) is 26.1 Å². The summed E-state index contributed by atoms with van der Waals surface area (Å²) in [6.45, 7) is 8.87. The largest absolute Gasteiger partial charge is 0.378 e. The molecule has 1 heterocycles. The summed E-state index contributed by atoms with van der Waals surface area (Å²) < 4.78 is 5.63. The van der Waals surface area contributed by atoms with E-state index in [-0.39, 0.29) is 0 Å². The van der Waals surface area contributed by atoms with Crippen LogP contribution >= 0.6 is 11.6 Å². The third-order valence-corrected chi connectivity index (χ3v) is 3.78. The van der Waals surface area contributed by atoms with Crippen LogP contribution in [-0.4, -0.2) is 31.2 Å². The average Bonchev–Trinajstić information content (AvgIpc) is 2.74. The predicted molar refractivity (Wildman–Crippen MR) is 74.8 cm³/mol. The molecule has 1 aliphatic heterocycles. The molecule has 1 N–H and O–H groups in total. The number of hydrogen-bond donors (Lipinski definition) is 1. The van der Waals surface area contributed by atoms with Crippen molar-refractivity contribution in [3.05, 3.63) is 0 Å². The van der Waals surface area contributed by atoms with E-state index in [1.165, 1.54) is 25.7 Å². The summed E-state index contributed by atoms with van der Waals surface area (Å²) in [6.07, 6.45) is 6.48. The maximum atomic E-state index is 5.86. The number of hydrogen-bond acceptors (Lipinski definition) is 2. The fourth-order valence-corrected chi connectivity index (χ4v) is 2.65. The molecule has 1 fully saturated rings. The Morgan fingerprint density at radius 3 is 2.71 bits per heavy atom. The van der Waals surface area contributed by atoms with Gasteiger partial charge in [0, 0.05) is 18.5 Å². The van der Waals surface area contributed by atoms with Crippen LogP contribution in [0.3, 0.4) is 0 Å². The second-order valence-electron chi connectivity index (χ2n) is 6.13. The normalized spacial score (nSPS) is 22.9. The van der Waals surface area contributed by atoms with Gasteiger partial charge in [-0.2, -0.15) is 0 Å². The van der Waals surface area contributed by atoms with Gasteiger partial charge in [0.25, 0.3) is 0 Å². The van der Waals surface area contributed by atoms with Crippen molar-refractivity contribution in [3.63, 3.8) is 0 Å². The van der Waals surface area contributed by atoms with Crippen LogP contribution in [0.4, 0.5) is 0 Å². The quantitative estimate of drug-likeness (QED) is 0.559. The summed E-state index contributed by atoms with van der Waals surface area (Å²) in [5.41, 5.74) is 0.290. The van der Waals surface area contributed by atoms with Crippen molar-refractivity contribution in [2.24, 2.45) is 5.41 Å². The van der Waals surface area contributed by atoms with Gasteiger partial charge in [-0.05, 0) is 44.1 Å². The molecule has 1 rings (SSSR count). The average molecular weight is 262 g/mol. The van der Waals surface area contributed by atoms with Gasteiger partial charge in [-0.15, -0.1) is 11.6 Å². The molecule has 0 saturated carbocycles. The third kappa shape index (κ3) is 6.08. The van der Waals surface area contributed by atoms with E-state index in [1.807, 2.05) is 0 Å². The van der Waals surface area contributed by atoms with Crippen LogP contribution in [-0.2, 0) is 4.74 Å². The van der Waals surface area contributed by atoms with E-state index in [0.717, 1.165) is 25.5 Å². The molecule has 2 unspecified atom stereocenters. The van der Waals surface area contributed by atoms with Gasteiger partial charge in [0.1, 0.15) is 0 Å². The van der Waals surface area contributed by atoms with E-state index >= 15 is 0 Å². The fraction of sp³-hybridized carbons (Fsp3) is 1.00. The Morgan fingerprint density at radius 1 is 1.41 bits per heavy atom. The lowest BCUT2D eigenvalue weighted by Crippen LogP contribution is -2.41. The Labute approximate surface area is 111 Å². The second kappa shape index (κ2) is 7.60. The van der Waals surface area contributed by atoms with E-state index in [4.69, 9.17) is 16.3 Å². The molecule has 0 spiro atoms. The molecular formula is C14H28ClNO. The van der Waals surface area contributed by atoms with Crippen LogP contribution < -0.4 is 5.32 Å². The van der Waals surface area contributed by atoms with Crippen LogP contribution in [0.5, 0.6) is 0 Å². The molecule has 3 heteroatoms. The van der Waals surface area contributed by atoms with Crippen LogP contribution in [0.15, 0.2) is 0 Å². The predicted octanol–water partition coefficient (Wildman–Crippen LogP) is 3.58. The van der Waals surface area contributed by atoms with Gasteiger partial charge >= 0.3 is 0 Å². The maximum Gasteiger partial charge on any atom is 0.0576 e. The van der Waals surface area contributed by atoms with Crippen LogP contribution in [0.1, 0.15) is 52.9 Å². The molecule has 0 aromatic carbocycles. The SMILES string of the molecule is CC(C)(C)C(CCCl)NCCCC1CCCO1. The Hall–Kier alpha value is 0.210. The van der Waals surface area contributed by atoms with Gasteiger partial charge in [0.05, 0.1) is 6.10 Å². The molecule has 0 aliphatic carbocycles. The van der Waals surface area contributed by atoms with Crippen molar-refractivity contribution < 1.29 is 4.74 Å². The summed E-state index contributed by atoms with van der Waals surface area (Å²) in [4.78, 5) is 0. The van der Waals surface area contributed by atoms with E-state index < -0.39 is 0 Å². The summed E-state index contributed by atoms with van der Waals surface area (Å²) >= 11 is 5.86. The highest BCUT2D eigenvalue weighted by Crippen LogP contribution is 2.22. The van der Waals surface area contributed by atoms with Gasteiger partial charge < -0.3 is 10.1 Å². The summed E-state index contributed by atoms with van der Waals surface area (Å²) in [5, 5.41) is 3.64. The zero-order valence-corrected chi connectivity index (χ0v) is 12.4. The molecule has 0 bridgehead atoms. The van der Waals surface area contributed by atoms with Gasteiger partial charge in [-0.25, -0.2) is 0 Å². The topological polar surface area (TPSA) is 21.3 Å². The van der Waals surface area contributed by atoms with Gasteiger partial charge in [0.2, 0.25) is 0 Å². The lowest BCUT2D eigenvalue weighted by molar-refractivity contribution is 0.102. The lowest BCUT2D eigenvalue weighted by atomic mass is 9.85. The highest BCUT2D eigenvalue weighted by molar-refractivity contribution is 6.17. The lowest BCUT2D eigenvalue weighted by Gasteiger charge is -2.31. The van der Waals surface area contributed by atoms with Gasteiger partial charge in [0.15, 0.2) is 0 Å². The highest BCUT2D eigenvalue weighted by Gasteiger charge is 2.23. The first-order valence-electron chi connectivity index (χ1n) is 6.95. The fourth-order valence-electron chi connectivity index (χ4n) is 2.43. The molecule has 2 nitrogen and oxygen atoms in total. The number of nitrogens with one attached hydrogen (secondary N) is 1. The Balaban J connectivity index is 2.13. The minimum Gasteiger partial charge on any atom is -0.378 e. The van der Waals surface area contributed by atoms with Crippen LogP contribution in [0.25, 0.3) is 0 Å². The molecule has 0 aromatic rings. The minimum absolute atomic E-state index is 0.290. The summed E-state index contributed by atoms with van der Waals surface area (Å²) in [5.74, 6) is 0.737. The number of rotatable bonds is 7. The zero-order valence-electron chi connectivity index (χ0n) is 11.6. The van der Waals surface area contributed by atoms with E-state index in [9.17, 15) is 0 Å². The van der Waals surface area contributed by atoms with Crippen LogP contribution in [0.2, 0.25) is 0 Å². The monoisotopic (exact) mass is 261 g/mol. The van der Waals surface area contributed by atoms with Gasteiger partial charge in [-0.3, -0.25) is 0 Å². The molecule has 1 aliphatic rings. The minimum atomic E-state index is 0.290.